The summed E-state index contributed by atoms with van der Waals surface area (Å²) < 4.78 is 0. The molecule has 1 fully saturated rings. The molecule has 6 heteroatoms. The highest BCUT2D eigenvalue weighted by molar-refractivity contribution is 6.31. The molecule has 0 saturated carbocycles. The van der Waals surface area contributed by atoms with Crippen LogP contribution in [0.3, 0.4) is 0 Å². The van der Waals surface area contributed by atoms with Crippen LogP contribution < -0.4 is 15.5 Å². The normalized spacial score (nSPS) is 23.7. The molecular formula is C23H26N4O2. The number of carbonyl (C=O) groups excluding carboxylic acids is 2. The van der Waals surface area contributed by atoms with Gasteiger partial charge in [0, 0.05) is 53.9 Å². The van der Waals surface area contributed by atoms with E-state index in [2.05, 4.69) is 53.5 Å². The quantitative estimate of drug-likeness (QED) is 0.623. The van der Waals surface area contributed by atoms with Gasteiger partial charge in [0.2, 0.25) is 0 Å². The van der Waals surface area contributed by atoms with Crippen molar-refractivity contribution in [2.45, 2.75) is 25.9 Å². The molecule has 0 radical (unpaired) electrons. The number of carbonyl (C=O) groups is 2. The van der Waals surface area contributed by atoms with E-state index in [9.17, 15) is 9.59 Å². The number of hydrogen-bond donors (Lipinski definition) is 2. The van der Waals surface area contributed by atoms with Gasteiger partial charge in [-0.2, -0.15) is 0 Å². The molecule has 1 saturated heterocycles. The average molecular weight is 390 g/mol. The van der Waals surface area contributed by atoms with Crippen molar-refractivity contribution < 1.29 is 9.59 Å². The van der Waals surface area contributed by atoms with Gasteiger partial charge in [-0.05, 0) is 51.2 Å². The lowest BCUT2D eigenvalue weighted by Gasteiger charge is -2.43. The molecule has 29 heavy (non-hydrogen) atoms. The summed E-state index contributed by atoms with van der Waals surface area (Å²) >= 11 is 0. The lowest BCUT2D eigenvalue weighted by Crippen LogP contribution is -2.55. The maximum Gasteiger partial charge on any atom is 0.260 e. The Kier molecular flexibility index (Phi) is 5.11. The summed E-state index contributed by atoms with van der Waals surface area (Å²) in [6.45, 7) is 6.54. The topological polar surface area (TPSA) is 64.7 Å². The third-order valence-electron chi connectivity index (χ3n) is 5.81. The Hall–Kier alpha value is -3.12. The highest BCUT2D eigenvalue weighted by Gasteiger charge is 2.27. The minimum Gasteiger partial charge on any atom is -0.366 e. The van der Waals surface area contributed by atoms with E-state index in [4.69, 9.17) is 0 Å². The number of hydrogen-bond acceptors (Lipinski definition) is 5. The third kappa shape index (κ3) is 3.76. The van der Waals surface area contributed by atoms with Crippen molar-refractivity contribution in [2.75, 3.05) is 30.4 Å². The maximum atomic E-state index is 12.3. The van der Waals surface area contributed by atoms with Crippen LogP contribution in [-0.2, 0) is 4.79 Å². The molecule has 4 rings (SSSR count). The molecule has 0 unspecified atom stereocenters. The summed E-state index contributed by atoms with van der Waals surface area (Å²) in [4.78, 5) is 29.1. The summed E-state index contributed by atoms with van der Waals surface area (Å²) in [5, 5.41) is 5.59. The van der Waals surface area contributed by atoms with Crippen molar-refractivity contribution in [2.24, 2.45) is 0 Å². The van der Waals surface area contributed by atoms with Crippen LogP contribution in [-0.4, -0.2) is 48.9 Å². The van der Waals surface area contributed by atoms with Gasteiger partial charge in [-0.1, -0.05) is 18.2 Å². The van der Waals surface area contributed by atoms with Gasteiger partial charge in [-0.15, -0.1) is 0 Å². The van der Waals surface area contributed by atoms with Gasteiger partial charge in [0.25, 0.3) is 11.8 Å². The number of imide groups is 1. The predicted molar refractivity (Wildman–Crippen MR) is 116 cm³/mol. The fourth-order valence-corrected chi connectivity index (χ4v) is 3.98. The third-order valence-corrected chi connectivity index (χ3v) is 5.81. The van der Waals surface area contributed by atoms with E-state index >= 15 is 0 Å². The first-order valence-corrected chi connectivity index (χ1v) is 9.93. The molecule has 2 aromatic rings. The lowest BCUT2D eigenvalue weighted by atomic mass is 9.96. The molecule has 150 valence electrons. The molecule has 0 bridgehead atoms. The molecule has 0 spiro atoms. The van der Waals surface area contributed by atoms with Gasteiger partial charge in [0.15, 0.2) is 0 Å². The summed E-state index contributed by atoms with van der Waals surface area (Å²) in [6.07, 6.45) is 1.66. The Morgan fingerprint density at radius 3 is 2.34 bits per heavy atom. The molecule has 0 aliphatic carbocycles. The smallest absolute Gasteiger partial charge is 0.260 e. The van der Waals surface area contributed by atoms with Crippen LogP contribution >= 0.6 is 0 Å². The summed E-state index contributed by atoms with van der Waals surface area (Å²) in [6, 6.07) is 16.3. The largest absolute Gasteiger partial charge is 0.366 e. The van der Waals surface area contributed by atoms with Crippen molar-refractivity contribution in [3.05, 3.63) is 65.9 Å². The minimum absolute atomic E-state index is 0.359. The number of fused-ring (bicyclic) bond motifs is 1. The van der Waals surface area contributed by atoms with E-state index in [-0.39, 0.29) is 5.91 Å². The fourth-order valence-electron chi connectivity index (χ4n) is 3.98. The number of benzene rings is 2. The summed E-state index contributed by atoms with van der Waals surface area (Å²) in [5.74, 6) is -0.749. The van der Waals surface area contributed by atoms with Gasteiger partial charge in [0.05, 0.1) is 5.57 Å². The van der Waals surface area contributed by atoms with Gasteiger partial charge >= 0.3 is 0 Å². The van der Waals surface area contributed by atoms with Gasteiger partial charge < -0.3 is 10.2 Å². The Balaban J connectivity index is 1.52. The van der Waals surface area contributed by atoms with E-state index in [1.165, 1.54) is 5.69 Å². The number of likely N-dealkylation sites (N-methyl/N-ethyl adjacent to an activating group) is 1. The molecule has 2 aliphatic heterocycles. The maximum absolute atomic E-state index is 12.3. The van der Waals surface area contributed by atoms with Crippen LogP contribution in [0.25, 0.3) is 5.57 Å². The molecule has 0 aromatic heterocycles. The zero-order chi connectivity index (χ0) is 20.5. The van der Waals surface area contributed by atoms with Crippen LogP contribution in [0.5, 0.6) is 0 Å². The number of rotatable bonds is 3. The average Bonchev–Trinajstić information content (AvgIpc) is 2.71. The zero-order valence-corrected chi connectivity index (χ0v) is 17.0. The van der Waals surface area contributed by atoms with Crippen LogP contribution in [0.1, 0.15) is 29.8 Å². The molecule has 2 aromatic carbocycles. The second-order valence-corrected chi connectivity index (χ2v) is 7.87. The second kappa shape index (κ2) is 7.72. The van der Waals surface area contributed by atoms with Crippen molar-refractivity contribution in [3.63, 3.8) is 0 Å². The van der Waals surface area contributed by atoms with E-state index in [1.807, 2.05) is 18.2 Å². The zero-order valence-electron chi connectivity index (χ0n) is 17.0. The van der Waals surface area contributed by atoms with Crippen molar-refractivity contribution in [3.8, 4) is 0 Å². The fraction of sp³-hybridized carbons (Fsp3) is 0.304. The van der Waals surface area contributed by atoms with Crippen LogP contribution in [0.4, 0.5) is 11.4 Å². The Bertz CT molecular complexity index is 967. The monoisotopic (exact) mass is 390 g/mol. The number of nitrogens with one attached hydrogen (secondary N) is 2. The number of anilines is 2. The van der Waals surface area contributed by atoms with Crippen molar-refractivity contribution in [1.82, 2.24) is 10.2 Å². The lowest BCUT2D eigenvalue weighted by molar-refractivity contribution is -0.114. The first-order valence-electron chi connectivity index (χ1n) is 9.93. The number of piperazine rings is 1. The van der Waals surface area contributed by atoms with Gasteiger partial charge in [0.1, 0.15) is 0 Å². The summed E-state index contributed by atoms with van der Waals surface area (Å²) in [5.41, 5.74) is 3.69. The Morgan fingerprint density at radius 2 is 1.62 bits per heavy atom. The molecule has 2 N–H and O–H groups in total. The number of nitrogens with zero attached hydrogens (tertiary/aromatic N) is 2. The molecule has 2 heterocycles. The van der Waals surface area contributed by atoms with E-state index in [0.717, 1.165) is 18.8 Å². The van der Waals surface area contributed by atoms with E-state index in [0.29, 0.717) is 28.8 Å². The first kappa shape index (κ1) is 19.2. The minimum atomic E-state index is -0.391. The van der Waals surface area contributed by atoms with Crippen molar-refractivity contribution >= 4 is 28.8 Å². The SMILES string of the molecule is C[C@@H]1CN(c2ccc(NC=C3C(=O)NC(=O)c4ccccc43)cc2)[C@@H](C)CN1C. The first-order chi connectivity index (χ1) is 13.9. The van der Waals surface area contributed by atoms with E-state index in [1.54, 1.807) is 24.4 Å². The second-order valence-electron chi connectivity index (χ2n) is 7.87. The Labute approximate surface area is 171 Å². The number of amides is 2. The molecule has 2 amide bonds. The van der Waals surface area contributed by atoms with Crippen LogP contribution in [0, 0.1) is 0 Å². The Morgan fingerprint density at radius 1 is 0.931 bits per heavy atom. The molecular weight excluding hydrogens is 364 g/mol. The highest BCUT2D eigenvalue weighted by atomic mass is 16.2. The van der Waals surface area contributed by atoms with Gasteiger partial charge in [-0.3, -0.25) is 19.8 Å². The van der Waals surface area contributed by atoms with Gasteiger partial charge in [-0.25, -0.2) is 0 Å². The van der Waals surface area contributed by atoms with E-state index < -0.39 is 5.91 Å². The standard InChI is InChI=1S/C23H26N4O2/c1-15-14-27(16(2)13-26(15)3)18-10-8-17(9-11-18)24-12-21-19-6-4-5-7-20(19)22(28)25-23(21)29/h4-12,15-16,24H,13-14H2,1-3H3,(H,25,28,29)/t15-,16+/m1/s1. The molecule has 2 aliphatic rings. The molecule has 2 atom stereocenters. The predicted octanol–water partition coefficient (Wildman–Crippen LogP) is 2.94. The summed E-state index contributed by atoms with van der Waals surface area (Å²) in [7, 11) is 2.17. The van der Waals surface area contributed by atoms with Crippen molar-refractivity contribution in [1.29, 1.82) is 0 Å². The van der Waals surface area contributed by atoms with Crippen LogP contribution in [0.15, 0.2) is 54.7 Å². The van der Waals surface area contributed by atoms with Crippen LogP contribution in [0.2, 0.25) is 0 Å². The highest BCUT2D eigenvalue weighted by Crippen LogP contribution is 2.26. The molecule has 6 nitrogen and oxygen atoms in total.